The molecule has 0 spiro atoms. The van der Waals surface area contributed by atoms with Crippen molar-refractivity contribution >= 4 is 5.91 Å². The van der Waals surface area contributed by atoms with Gasteiger partial charge in [0.1, 0.15) is 0 Å². The molecule has 20 heavy (non-hydrogen) atoms. The van der Waals surface area contributed by atoms with Crippen LogP contribution in [0.25, 0.3) is 0 Å². The normalized spacial score (nSPS) is 30.5. The lowest BCUT2D eigenvalue weighted by Crippen LogP contribution is -2.52. The van der Waals surface area contributed by atoms with Gasteiger partial charge in [-0.15, -0.1) is 0 Å². The molecule has 3 nitrogen and oxygen atoms in total. The van der Waals surface area contributed by atoms with E-state index in [-0.39, 0.29) is 0 Å². The Bertz CT molecular complexity index is 319. The summed E-state index contributed by atoms with van der Waals surface area (Å²) >= 11 is 0. The lowest BCUT2D eigenvalue weighted by Gasteiger charge is -2.39. The Hall–Kier alpha value is -0.570. The van der Waals surface area contributed by atoms with Crippen LogP contribution in [0.5, 0.6) is 0 Å². The minimum Gasteiger partial charge on any atom is -0.352 e. The van der Waals surface area contributed by atoms with E-state index in [0.29, 0.717) is 17.9 Å². The first kappa shape index (κ1) is 14.4. The third kappa shape index (κ3) is 3.55. The smallest absolute Gasteiger partial charge is 0.223 e. The zero-order valence-electron chi connectivity index (χ0n) is 12.8. The SMILES string of the molecule is O=C(N[C@H]1CCCN(C2CCCCCC2)C1)C1CCC1. The zero-order chi connectivity index (χ0) is 13.8. The highest BCUT2D eigenvalue weighted by Crippen LogP contribution is 2.28. The molecule has 1 amide bonds. The molecule has 0 unspecified atom stereocenters. The average molecular weight is 278 g/mol. The Balaban J connectivity index is 1.48. The van der Waals surface area contributed by atoms with Crippen molar-refractivity contribution in [2.24, 2.45) is 5.92 Å². The van der Waals surface area contributed by atoms with Gasteiger partial charge in [0.05, 0.1) is 0 Å². The van der Waals surface area contributed by atoms with Gasteiger partial charge in [-0.3, -0.25) is 9.69 Å². The van der Waals surface area contributed by atoms with Crippen LogP contribution in [0.1, 0.15) is 70.6 Å². The van der Waals surface area contributed by atoms with E-state index in [0.717, 1.165) is 25.4 Å². The van der Waals surface area contributed by atoms with Crippen molar-refractivity contribution in [2.45, 2.75) is 82.7 Å². The van der Waals surface area contributed by atoms with Crippen LogP contribution in [-0.2, 0) is 4.79 Å². The summed E-state index contributed by atoms with van der Waals surface area (Å²) in [6.45, 7) is 2.35. The number of amides is 1. The molecule has 1 N–H and O–H groups in total. The largest absolute Gasteiger partial charge is 0.352 e. The molecule has 114 valence electrons. The third-order valence-corrected chi connectivity index (χ3v) is 5.62. The van der Waals surface area contributed by atoms with Crippen molar-refractivity contribution in [1.82, 2.24) is 10.2 Å². The molecule has 1 aliphatic heterocycles. The molecule has 2 aliphatic carbocycles. The topological polar surface area (TPSA) is 32.3 Å². The van der Waals surface area contributed by atoms with Gasteiger partial charge in [-0.05, 0) is 45.1 Å². The quantitative estimate of drug-likeness (QED) is 0.805. The van der Waals surface area contributed by atoms with Crippen LogP contribution in [0.2, 0.25) is 0 Å². The summed E-state index contributed by atoms with van der Waals surface area (Å²) in [4.78, 5) is 14.8. The van der Waals surface area contributed by atoms with Crippen molar-refractivity contribution in [3.63, 3.8) is 0 Å². The van der Waals surface area contributed by atoms with Gasteiger partial charge in [-0.25, -0.2) is 0 Å². The molecular formula is C17H30N2O. The van der Waals surface area contributed by atoms with Crippen LogP contribution in [0.15, 0.2) is 0 Å². The second kappa shape index (κ2) is 6.93. The number of nitrogens with one attached hydrogen (secondary N) is 1. The summed E-state index contributed by atoms with van der Waals surface area (Å²) in [5.74, 6) is 0.673. The van der Waals surface area contributed by atoms with Gasteiger partial charge in [0.15, 0.2) is 0 Å². The number of rotatable bonds is 3. The number of hydrogen-bond donors (Lipinski definition) is 1. The third-order valence-electron chi connectivity index (χ3n) is 5.62. The Kier molecular flexibility index (Phi) is 4.98. The number of likely N-dealkylation sites (tertiary alicyclic amines) is 1. The van der Waals surface area contributed by atoms with Crippen LogP contribution >= 0.6 is 0 Å². The minimum atomic E-state index is 0.336. The Morgan fingerprint density at radius 3 is 2.25 bits per heavy atom. The predicted molar refractivity (Wildman–Crippen MR) is 81.6 cm³/mol. The van der Waals surface area contributed by atoms with E-state index in [1.165, 1.54) is 64.3 Å². The van der Waals surface area contributed by atoms with Gasteiger partial charge >= 0.3 is 0 Å². The summed E-state index contributed by atoms with van der Waals surface area (Å²) in [6, 6.07) is 1.21. The van der Waals surface area contributed by atoms with Crippen molar-refractivity contribution in [3.05, 3.63) is 0 Å². The van der Waals surface area contributed by atoms with Crippen molar-refractivity contribution in [2.75, 3.05) is 13.1 Å². The van der Waals surface area contributed by atoms with Crippen molar-refractivity contribution in [3.8, 4) is 0 Å². The van der Waals surface area contributed by atoms with Gasteiger partial charge in [0.25, 0.3) is 0 Å². The number of carbonyl (C=O) groups is 1. The summed E-state index contributed by atoms with van der Waals surface area (Å²) in [5.41, 5.74) is 0. The highest BCUT2D eigenvalue weighted by atomic mass is 16.2. The second-order valence-corrected chi connectivity index (χ2v) is 7.12. The number of carbonyl (C=O) groups excluding carboxylic acids is 1. The number of piperidine rings is 1. The fourth-order valence-corrected chi connectivity index (χ4v) is 4.07. The Morgan fingerprint density at radius 2 is 1.60 bits per heavy atom. The summed E-state index contributed by atoms with van der Waals surface area (Å²) in [6.07, 6.45) is 14.3. The van der Waals surface area contributed by atoms with Gasteiger partial charge in [0, 0.05) is 24.5 Å². The molecule has 0 aromatic rings. The predicted octanol–water partition coefficient (Wildman–Crippen LogP) is 3.09. The van der Waals surface area contributed by atoms with E-state index >= 15 is 0 Å². The first-order valence-corrected chi connectivity index (χ1v) is 8.87. The maximum atomic E-state index is 12.1. The van der Waals surface area contributed by atoms with E-state index in [4.69, 9.17) is 0 Å². The molecule has 1 saturated heterocycles. The molecule has 0 aromatic heterocycles. The molecule has 3 heteroatoms. The Labute approximate surface area is 123 Å². The standard InChI is InChI=1S/C17H30N2O/c20-17(14-7-5-8-14)18-15-9-6-12-19(13-15)16-10-3-1-2-4-11-16/h14-16H,1-13H2,(H,18,20)/t15-/m0/s1. The molecule has 1 atom stereocenters. The molecule has 3 rings (SSSR count). The van der Waals surface area contributed by atoms with Crippen LogP contribution in [-0.4, -0.2) is 36.0 Å². The van der Waals surface area contributed by atoms with Gasteiger partial charge < -0.3 is 5.32 Å². The summed E-state index contributed by atoms with van der Waals surface area (Å²) in [5, 5.41) is 3.32. The van der Waals surface area contributed by atoms with Gasteiger partial charge in [-0.2, -0.15) is 0 Å². The highest BCUT2D eigenvalue weighted by Gasteiger charge is 2.30. The molecule has 0 bridgehead atoms. The van der Waals surface area contributed by atoms with Gasteiger partial charge in [-0.1, -0.05) is 32.1 Å². The first-order valence-electron chi connectivity index (χ1n) is 8.87. The molecule has 1 heterocycles. The maximum Gasteiger partial charge on any atom is 0.223 e. The van der Waals surface area contributed by atoms with E-state index in [9.17, 15) is 4.79 Å². The number of nitrogens with zero attached hydrogens (tertiary/aromatic N) is 1. The van der Waals surface area contributed by atoms with Crippen LogP contribution in [0.3, 0.4) is 0 Å². The maximum absolute atomic E-state index is 12.1. The van der Waals surface area contributed by atoms with Crippen LogP contribution in [0, 0.1) is 5.92 Å². The van der Waals surface area contributed by atoms with E-state index < -0.39 is 0 Å². The summed E-state index contributed by atoms with van der Waals surface area (Å²) < 4.78 is 0. The molecule has 3 aliphatic rings. The molecule has 2 saturated carbocycles. The summed E-state index contributed by atoms with van der Waals surface area (Å²) in [7, 11) is 0. The van der Waals surface area contributed by atoms with E-state index in [1.54, 1.807) is 0 Å². The monoisotopic (exact) mass is 278 g/mol. The highest BCUT2D eigenvalue weighted by molar-refractivity contribution is 5.79. The average Bonchev–Trinajstić information content (AvgIpc) is 2.65. The van der Waals surface area contributed by atoms with Crippen molar-refractivity contribution in [1.29, 1.82) is 0 Å². The molecule has 3 fully saturated rings. The zero-order valence-corrected chi connectivity index (χ0v) is 12.8. The second-order valence-electron chi connectivity index (χ2n) is 7.12. The van der Waals surface area contributed by atoms with Crippen LogP contribution in [0.4, 0.5) is 0 Å². The lowest BCUT2D eigenvalue weighted by molar-refractivity contribution is -0.128. The lowest BCUT2D eigenvalue weighted by atomic mass is 9.84. The number of hydrogen-bond acceptors (Lipinski definition) is 2. The van der Waals surface area contributed by atoms with Gasteiger partial charge in [0.2, 0.25) is 5.91 Å². The van der Waals surface area contributed by atoms with E-state index in [1.807, 2.05) is 0 Å². The molecule has 0 aromatic carbocycles. The first-order chi connectivity index (χ1) is 9.83. The minimum absolute atomic E-state index is 0.336. The molecule has 0 radical (unpaired) electrons. The fraction of sp³-hybridized carbons (Fsp3) is 0.941. The fourth-order valence-electron chi connectivity index (χ4n) is 4.07. The van der Waals surface area contributed by atoms with Crippen molar-refractivity contribution < 1.29 is 4.79 Å². The van der Waals surface area contributed by atoms with Crippen LogP contribution < -0.4 is 5.32 Å². The Morgan fingerprint density at radius 1 is 0.850 bits per heavy atom. The van der Waals surface area contributed by atoms with E-state index in [2.05, 4.69) is 10.2 Å². The molecular weight excluding hydrogens is 248 g/mol.